The zero-order valence-corrected chi connectivity index (χ0v) is 4.60. The molecule has 0 radical (unpaired) electrons. The van der Waals surface area contributed by atoms with Gasteiger partial charge in [0, 0.05) is 6.42 Å². The van der Waals surface area contributed by atoms with Crippen molar-refractivity contribution in [2.75, 3.05) is 0 Å². The van der Waals surface area contributed by atoms with E-state index in [4.69, 9.17) is 5.11 Å². The average Bonchev–Trinajstić information content (AvgIpc) is 1.65. The van der Waals surface area contributed by atoms with E-state index in [1.54, 1.807) is 0 Å². The van der Waals surface area contributed by atoms with Crippen LogP contribution in [0, 0.1) is 0 Å². The van der Waals surface area contributed by atoms with Gasteiger partial charge in [-0.25, -0.2) is 4.79 Å². The Morgan fingerprint density at radius 3 is 2.33 bits per heavy atom. The van der Waals surface area contributed by atoms with Gasteiger partial charge >= 0.3 is 11.9 Å². The standard InChI is InChI=1S/C5H6F2O2/c1-2-3-5(6,7)4(8)9/h2H,1,3H2,(H,8,9)/i4+0. The zero-order chi connectivity index (χ0) is 7.49. The van der Waals surface area contributed by atoms with Crippen molar-refractivity contribution in [3.8, 4) is 0 Å². The fraction of sp³-hybridized carbons (Fsp3) is 0.400. The first kappa shape index (κ1) is 8.07. The Morgan fingerprint density at radius 1 is 1.78 bits per heavy atom. The molecule has 0 aliphatic carbocycles. The first-order valence-electron chi connectivity index (χ1n) is 2.23. The van der Waals surface area contributed by atoms with Crippen molar-refractivity contribution in [2.45, 2.75) is 12.3 Å². The van der Waals surface area contributed by atoms with Crippen LogP contribution >= 0.6 is 0 Å². The number of hydrogen-bond donors (Lipinski definition) is 1. The van der Waals surface area contributed by atoms with Gasteiger partial charge in [-0.3, -0.25) is 0 Å². The van der Waals surface area contributed by atoms with Gasteiger partial charge < -0.3 is 5.11 Å². The van der Waals surface area contributed by atoms with Gasteiger partial charge in [-0.2, -0.15) is 8.78 Å². The number of carboxylic acid groups (broad SMARTS) is 1. The maximum absolute atomic E-state index is 11.9. The van der Waals surface area contributed by atoms with Crippen LogP contribution < -0.4 is 0 Å². The summed E-state index contributed by atoms with van der Waals surface area (Å²) < 4.78 is 23.8. The molecule has 0 spiro atoms. The van der Waals surface area contributed by atoms with E-state index in [0.717, 1.165) is 6.08 Å². The van der Waals surface area contributed by atoms with Gasteiger partial charge in [0.1, 0.15) is 0 Å². The predicted molar refractivity (Wildman–Crippen MR) is 27.4 cm³/mol. The number of carbonyl (C=O) groups is 1. The van der Waals surface area contributed by atoms with Crippen molar-refractivity contribution >= 4 is 5.97 Å². The van der Waals surface area contributed by atoms with Gasteiger partial charge in [0.05, 0.1) is 0 Å². The SMILES string of the molecule is C=CCC(F)(F)[12C](=O)O. The largest absolute Gasteiger partial charge is 0.477 e. The molecule has 4 heteroatoms. The van der Waals surface area contributed by atoms with Gasteiger partial charge in [0.25, 0.3) is 0 Å². The van der Waals surface area contributed by atoms with Crippen molar-refractivity contribution in [3.05, 3.63) is 12.7 Å². The molecule has 9 heavy (non-hydrogen) atoms. The third-order valence-corrected chi connectivity index (χ3v) is 0.714. The number of carboxylic acids is 1. The molecular weight excluding hydrogens is 130 g/mol. The minimum Gasteiger partial charge on any atom is -0.477 e. The van der Waals surface area contributed by atoms with E-state index >= 15 is 0 Å². The summed E-state index contributed by atoms with van der Waals surface area (Å²) in [6.45, 7) is 2.98. The highest BCUT2D eigenvalue weighted by Crippen LogP contribution is 2.17. The number of alkyl halides is 2. The van der Waals surface area contributed by atoms with Crippen LogP contribution in [0.3, 0.4) is 0 Å². The lowest BCUT2D eigenvalue weighted by Crippen LogP contribution is -2.26. The second-order valence-corrected chi connectivity index (χ2v) is 1.50. The molecule has 0 heterocycles. The Balaban J connectivity index is 4.00. The fourth-order valence-electron chi connectivity index (χ4n) is 0.269. The topological polar surface area (TPSA) is 37.3 Å². The van der Waals surface area contributed by atoms with Crippen LogP contribution in [-0.4, -0.2) is 17.0 Å². The molecule has 0 bridgehead atoms. The molecule has 0 aromatic heterocycles. The molecule has 0 saturated heterocycles. The van der Waals surface area contributed by atoms with Crippen molar-refractivity contribution < 1.29 is 18.7 Å². The number of halogens is 2. The van der Waals surface area contributed by atoms with Gasteiger partial charge in [-0.05, 0) is 0 Å². The molecule has 0 fully saturated rings. The van der Waals surface area contributed by atoms with E-state index in [2.05, 4.69) is 6.58 Å². The van der Waals surface area contributed by atoms with Crippen molar-refractivity contribution in [1.29, 1.82) is 0 Å². The number of aliphatic carboxylic acids is 1. The Kier molecular flexibility index (Phi) is 2.30. The minimum absolute atomic E-state index is 0.817. The quantitative estimate of drug-likeness (QED) is 0.593. The van der Waals surface area contributed by atoms with E-state index < -0.39 is 18.3 Å². The fourth-order valence-corrected chi connectivity index (χ4v) is 0.269. The van der Waals surface area contributed by atoms with Gasteiger partial charge in [-0.15, -0.1) is 6.58 Å². The smallest absolute Gasteiger partial charge is 0.374 e. The minimum atomic E-state index is -3.65. The predicted octanol–water partition coefficient (Wildman–Crippen LogP) is 1.28. The van der Waals surface area contributed by atoms with Crippen LogP contribution in [0.2, 0.25) is 0 Å². The van der Waals surface area contributed by atoms with Crippen LogP contribution in [0.1, 0.15) is 6.42 Å². The molecule has 0 aliphatic rings. The summed E-state index contributed by atoms with van der Waals surface area (Å²) in [4.78, 5) is 9.61. The van der Waals surface area contributed by atoms with E-state index in [1.807, 2.05) is 0 Å². The summed E-state index contributed by atoms with van der Waals surface area (Å²) in [7, 11) is 0. The normalized spacial score (nSPS) is 10.9. The van der Waals surface area contributed by atoms with E-state index in [-0.39, 0.29) is 0 Å². The van der Waals surface area contributed by atoms with Gasteiger partial charge in [-0.1, -0.05) is 6.08 Å². The van der Waals surface area contributed by atoms with E-state index in [1.165, 1.54) is 0 Å². The summed E-state index contributed by atoms with van der Waals surface area (Å²) in [5.74, 6) is -5.76. The van der Waals surface area contributed by atoms with Crippen LogP contribution in [0.25, 0.3) is 0 Å². The van der Waals surface area contributed by atoms with Crippen molar-refractivity contribution in [1.82, 2.24) is 0 Å². The molecule has 0 aromatic rings. The average molecular weight is 136 g/mol. The molecule has 0 aliphatic heterocycles. The highest BCUT2D eigenvalue weighted by atomic mass is 19.3. The van der Waals surface area contributed by atoms with Gasteiger partial charge in [0.15, 0.2) is 0 Å². The highest BCUT2D eigenvalue weighted by Gasteiger charge is 2.36. The maximum atomic E-state index is 11.9. The van der Waals surface area contributed by atoms with Crippen LogP contribution in [-0.2, 0) is 4.79 Å². The number of allylic oxidation sites excluding steroid dienone is 1. The first-order valence-corrected chi connectivity index (χ1v) is 2.23. The molecule has 0 amide bonds. The molecule has 0 saturated carbocycles. The molecule has 0 aromatic carbocycles. The monoisotopic (exact) mass is 136 g/mol. The molecule has 0 unspecified atom stereocenters. The second-order valence-electron chi connectivity index (χ2n) is 1.50. The Morgan fingerprint density at radius 2 is 2.22 bits per heavy atom. The third kappa shape index (κ3) is 2.21. The lowest BCUT2D eigenvalue weighted by atomic mass is 10.2. The lowest BCUT2D eigenvalue weighted by Gasteiger charge is -2.05. The summed E-state index contributed by atoms with van der Waals surface area (Å²) in [6.07, 6.45) is 0.0520. The molecule has 2 nitrogen and oxygen atoms in total. The Bertz CT molecular complexity index is 131. The Hall–Kier alpha value is -0.930. The molecular formula is C5H6F2O2. The van der Waals surface area contributed by atoms with E-state index in [9.17, 15) is 13.6 Å². The Labute approximate surface area is 50.8 Å². The van der Waals surface area contributed by atoms with Gasteiger partial charge in [0.2, 0.25) is 0 Å². The highest BCUT2D eigenvalue weighted by molar-refractivity contribution is 5.75. The summed E-state index contributed by atoms with van der Waals surface area (Å²) in [5, 5.41) is 7.77. The number of hydrogen-bond acceptors (Lipinski definition) is 1. The molecule has 0 atom stereocenters. The maximum Gasteiger partial charge on any atom is 0.374 e. The van der Waals surface area contributed by atoms with Crippen LogP contribution in [0.5, 0.6) is 0 Å². The third-order valence-electron chi connectivity index (χ3n) is 0.714. The molecule has 52 valence electrons. The molecule has 0 rings (SSSR count). The van der Waals surface area contributed by atoms with Crippen LogP contribution in [0.4, 0.5) is 8.78 Å². The summed E-state index contributed by atoms with van der Waals surface area (Å²) in [6, 6.07) is 0. The van der Waals surface area contributed by atoms with Crippen molar-refractivity contribution in [2.24, 2.45) is 0 Å². The van der Waals surface area contributed by atoms with Crippen molar-refractivity contribution in [3.63, 3.8) is 0 Å². The first-order chi connectivity index (χ1) is 4.00. The number of rotatable bonds is 3. The zero-order valence-electron chi connectivity index (χ0n) is 4.60. The second kappa shape index (κ2) is 2.57. The molecule has 1 N–H and O–H groups in total. The lowest BCUT2D eigenvalue weighted by molar-refractivity contribution is -0.164. The van der Waals surface area contributed by atoms with Crippen LogP contribution in [0.15, 0.2) is 12.7 Å². The summed E-state index contributed by atoms with van der Waals surface area (Å²) >= 11 is 0. The van der Waals surface area contributed by atoms with E-state index in [0.29, 0.717) is 0 Å². The summed E-state index contributed by atoms with van der Waals surface area (Å²) in [5.41, 5.74) is 0.